The number of benzene rings is 1. The average molecular weight is 275 g/mol. The fourth-order valence-corrected chi connectivity index (χ4v) is 2.42. The Hall–Kier alpha value is -2.01. The predicted molar refractivity (Wildman–Crippen MR) is 73.4 cm³/mol. The molecule has 2 aliphatic rings. The van der Waals surface area contributed by atoms with Gasteiger partial charge in [0.1, 0.15) is 0 Å². The van der Waals surface area contributed by atoms with E-state index in [1.54, 1.807) is 6.08 Å². The molecule has 0 radical (unpaired) electrons. The highest BCUT2D eigenvalue weighted by Crippen LogP contribution is 2.33. The van der Waals surface area contributed by atoms with Crippen LogP contribution in [0.5, 0.6) is 11.5 Å². The lowest BCUT2D eigenvalue weighted by Crippen LogP contribution is -2.55. The number of amides is 1. The Morgan fingerprint density at radius 1 is 1.35 bits per heavy atom. The molecule has 2 N–H and O–H groups in total. The summed E-state index contributed by atoms with van der Waals surface area (Å²) >= 11 is 0. The lowest BCUT2D eigenvalue weighted by atomic mass is 9.77. The third-order valence-corrected chi connectivity index (χ3v) is 3.83. The maximum Gasteiger partial charge on any atom is 0.244 e. The van der Waals surface area contributed by atoms with Crippen LogP contribution in [0.2, 0.25) is 0 Å². The fraction of sp³-hybridized carbons (Fsp3) is 0.400. The molecule has 0 unspecified atom stereocenters. The van der Waals surface area contributed by atoms with Crippen LogP contribution in [-0.2, 0) is 4.79 Å². The van der Waals surface area contributed by atoms with E-state index >= 15 is 0 Å². The molecule has 1 saturated carbocycles. The summed E-state index contributed by atoms with van der Waals surface area (Å²) in [7, 11) is 0. The van der Waals surface area contributed by atoms with Crippen molar-refractivity contribution in [3.63, 3.8) is 0 Å². The summed E-state index contributed by atoms with van der Waals surface area (Å²) in [5.74, 6) is 1.23. The first-order valence-corrected chi connectivity index (χ1v) is 6.72. The van der Waals surface area contributed by atoms with Crippen molar-refractivity contribution in [2.75, 3.05) is 13.4 Å². The summed E-state index contributed by atoms with van der Waals surface area (Å²) in [5, 5.41) is 12.2. The monoisotopic (exact) mass is 275 g/mol. The summed E-state index contributed by atoms with van der Waals surface area (Å²) in [5.41, 5.74) is 0.465. The van der Waals surface area contributed by atoms with Gasteiger partial charge in [-0.05, 0) is 43.0 Å². The van der Waals surface area contributed by atoms with Gasteiger partial charge < -0.3 is 19.9 Å². The van der Waals surface area contributed by atoms with Crippen molar-refractivity contribution in [3.8, 4) is 11.5 Å². The number of aliphatic hydroxyl groups excluding tert-OH is 1. The SMILES string of the molecule is O=C(/C=C/c1ccc2c(c1)OCO2)NC1(CO)CCC1. The largest absolute Gasteiger partial charge is 0.454 e. The standard InChI is InChI=1S/C15H17NO4/c17-9-15(6-1-7-15)16-14(18)5-3-11-2-4-12-13(8-11)20-10-19-12/h2-5,8,17H,1,6-7,9-10H2,(H,16,18)/b5-3+. The highest BCUT2D eigenvalue weighted by atomic mass is 16.7. The third-order valence-electron chi connectivity index (χ3n) is 3.83. The van der Waals surface area contributed by atoms with Crippen LogP contribution in [-0.4, -0.2) is 30.0 Å². The van der Waals surface area contributed by atoms with Crippen molar-refractivity contribution in [3.05, 3.63) is 29.8 Å². The maximum absolute atomic E-state index is 11.9. The summed E-state index contributed by atoms with van der Waals surface area (Å²) in [6.45, 7) is 0.235. The molecule has 1 aliphatic heterocycles. The molecule has 0 bridgehead atoms. The van der Waals surface area contributed by atoms with Crippen LogP contribution in [0.15, 0.2) is 24.3 Å². The zero-order valence-corrected chi connectivity index (χ0v) is 11.1. The van der Waals surface area contributed by atoms with Gasteiger partial charge in [0.25, 0.3) is 0 Å². The van der Waals surface area contributed by atoms with Gasteiger partial charge in [-0.1, -0.05) is 6.07 Å². The Morgan fingerprint density at radius 2 is 2.15 bits per heavy atom. The maximum atomic E-state index is 11.9. The number of fused-ring (bicyclic) bond motifs is 1. The molecule has 1 amide bonds. The van der Waals surface area contributed by atoms with E-state index in [2.05, 4.69) is 5.32 Å². The smallest absolute Gasteiger partial charge is 0.244 e. The molecule has 3 rings (SSSR count). The van der Waals surface area contributed by atoms with Crippen LogP contribution in [0, 0.1) is 0 Å². The summed E-state index contributed by atoms with van der Waals surface area (Å²) in [6, 6.07) is 5.51. The van der Waals surface area contributed by atoms with Crippen LogP contribution in [0.1, 0.15) is 24.8 Å². The van der Waals surface area contributed by atoms with Crippen molar-refractivity contribution in [1.29, 1.82) is 0 Å². The number of carbonyl (C=O) groups excluding carboxylic acids is 1. The number of rotatable bonds is 4. The van der Waals surface area contributed by atoms with E-state index in [0.717, 1.165) is 30.6 Å². The molecule has 1 aromatic rings. The zero-order chi connectivity index (χ0) is 14.0. The van der Waals surface area contributed by atoms with Crippen LogP contribution in [0.25, 0.3) is 6.08 Å². The van der Waals surface area contributed by atoms with E-state index in [1.165, 1.54) is 6.08 Å². The average Bonchev–Trinajstić information content (AvgIpc) is 2.88. The van der Waals surface area contributed by atoms with Gasteiger partial charge in [-0.2, -0.15) is 0 Å². The second-order valence-corrected chi connectivity index (χ2v) is 5.23. The normalized spacial score (nSPS) is 18.9. The van der Waals surface area contributed by atoms with E-state index in [4.69, 9.17) is 9.47 Å². The molecule has 20 heavy (non-hydrogen) atoms. The minimum Gasteiger partial charge on any atom is -0.454 e. The summed E-state index contributed by atoms with van der Waals surface area (Å²) in [6.07, 6.45) is 5.93. The number of carbonyl (C=O) groups is 1. The van der Waals surface area contributed by atoms with Gasteiger partial charge in [0.05, 0.1) is 12.1 Å². The molecular formula is C15H17NO4. The van der Waals surface area contributed by atoms with Gasteiger partial charge in [0.15, 0.2) is 11.5 Å². The number of aliphatic hydroxyl groups is 1. The van der Waals surface area contributed by atoms with E-state index in [0.29, 0.717) is 5.75 Å². The molecule has 5 nitrogen and oxygen atoms in total. The molecule has 5 heteroatoms. The van der Waals surface area contributed by atoms with Gasteiger partial charge in [-0.25, -0.2) is 0 Å². The quantitative estimate of drug-likeness (QED) is 0.816. The summed E-state index contributed by atoms with van der Waals surface area (Å²) < 4.78 is 10.5. The molecular weight excluding hydrogens is 258 g/mol. The van der Waals surface area contributed by atoms with E-state index < -0.39 is 5.54 Å². The van der Waals surface area contributed by atoms with Gasteiger partial charge in [0.2, 0.25) is 12.7 Å². The molecule has 106 valence electrons. The lowest BCUT2D eigenvalue weighted by Gasteiger charge is -2.40. The number of hydrogen-bond donors (Lipinski definition) is 2. The van der Waals surface area contributed by atoms with Crippen molar-refractivity contribution >= 4 is 12.0 Å². The molecule has 0 saturated heterocycles. The minimum absolute atomic E-state index is 0.00337. The van der Waals surface area contributed by atoms with Crippen LogP contribution in [0.3, 0.4) is 0 Å². The Labute approximate surface area is 117 Å². The summed E-state index contributed by atoms with van der Waals surface area (Å²) in [4.78, 5) is 11.9. The van der Waals surface area contributed by atoms with Crippen LogP contribution < -0.4 is 14.8 Å². The first-order valence-electron chi connectivity index (χ1n) is 6.72. The lowest BCUT2D eigenvalue weighted by molar-refractivity contribution is -0.120. The van der Waals surface area contributed by atoms with Gasteiger partial charge >= 0.3 is 0 Å². The van der Waals surface area contributed by atoms with E-state index in [-0.39, 0.29) is 19.3 Å². The molecule has 1 aliphatic carbocycles. The number of hydrogen-bond acceptors (Lipinski definition) is 4. The highest BCUT2D eigenvalue weighted by Gasteiger charge is 2.37. The predicted octanol–water partition coefficient (Wildman–Crippen LogP) is 1.46. The molecule has 0 spiro atoms. The number of nitrogens with one attached hydrogen (secondary N) is 1. The van der Waals surface area contributed by atoms with Crippen molar-refractivity contribution < 1.29 is 19.4 Å². The van der Waals surface area contributed by atoms with Crippen molar-refractivity contribution in [1.82, 2.24) is 5.32 Å². The van der Waals surface area contributed by atoms with Crippen molar-refractivity contribution in [2.24, 2.45) is 0 Å². The topological polar surface area (TPSA) is 67.8 Å². The highest BCUT2D eigenvalue weighted by molar-refractivity contribution is 5.92. The second-order valence-electron chi connectivity index (χ2n) is 5.23. The van der Waals surface area contributed by atoms with Gasteiger partial charge in [-0.3, -0.25) is 4.79 Å². The minimum atomic E-state index is -0.406. The van der Waals surface area contributed by atoms with Crippen LogP contribution >= 0.6 is 0 Å². The Morgan fingerprint density at radius 3 is 2.85 bits per heavy atom. The Balaban J connectivity index is 1.63. The fourth-order valence-electron chi connectivity index (χ4n) is 2.42. The van der Waals surface area contributed by atoms with Crippen molar-refractivity contribution in [2.45, 2.75) is 24.8 Å². The molecule has 0 aromatic heterocycles. The second kappa shape index (κ2) is 5.17. The first-order chi connectivity index (χ1) is 9.71. The van der Waals surface area contributed by atoms with E-state index in [1.807, 2.05) is 18.2 Å². The molecule has 0 atom stereocenters. The zero-order valence-electron chi connectivity index (χ0n) is 11.1. The Bertz CT molecular complexity index is 543. The Kier molecular flexibility index (Phi) is 3.36. The van der Waals surface area contributed by atoms with Crippen LogP contribution in [0.4, 0.5) is 0 Å². The van der Waals surface area contributed by atoms with E-state index in [9.17, 15) is 9.90 Å². The van der Waals surface area contributed by atoms with Gasteiger partial charge in [-0.15, -0.1) is 0 Å². The molecule has 1 aromatic carbocycles. The third kappa shape index (κ3) is 2.49. The molecule has 1 heterocycles. The first kappa shape index (κ1) is 13.0. The molecule has 1 fully saturated rings. The number of ether oxygens (including phenoxy) is 2. The van der Waals surface area contributed by atoms with Gasteiger partial charge in [0, 0.05) is 6.08 Å².